The third kappa shape index (κ3) is 3.70. The number of fused-ring (bicyclic) bond motifs is 2. The molecule has 29 heavy (non-hydrogen) atoms. The number of carbonyl (C=O) groups excluding carboxylic acids is 1. The van der Waals surface area contributed by atoms with Crippen LogP contribution in [0.15, 0.2) is 18.2 Å². The maximum atomic E-state index is 12.5. The first kappa shape index (κ1) is 19.4. The minimum absolute atomic E-state index is 0.0423. The smallest absolute Gasteiger partial charge is 0.242 e. The zero-order valence-electron chi connectivity index (χ0n) is 17.4. The summed E-state index contributed by atoms with van der Waals surface area (Å²) in [6.45, 7) is 6.42. The molecule has 0 radical (unpaired) electrons. The number of nitrogens with one attached hydrogen (secondary N) is 2. The van der Waals surface area contributed by atoms with Crippen LogP contribution in [-0.4, -0.2) is 27.8 Å². The first-order valence-corrected chi connectivity index (χ1v) is 9.92. The lowest BCUT2D eigenvalue weighted by atomic mass is 10.00. The Morgan fingerprint density at radius 1 is 1.28 bits per heavy atom. The Hall–Kier alpha value is -2.93. The van der Waals surface area contributed by atoms with Gasteiger partial charge < -0.3 is 15.4 Å². The number of hydrogen-bond acceptors (Lipinski definition) is 5. The number of methoxy groups -OCH3 is 1. The minimum Gasteiger partial charge on any atom is -0.479 e. The van der Waals surface area contributed by atoms with Gasteiger partial charge in [0, 0.05) is 38.8 Å². The molecule has 7 heteroatoms. The maximum Gasteiger partial charge on any atom is 0.242 e. The van der Waals surface area contributed by atoms with Crippen LogP contribution in [0.4, 0.5) is 0 Å². The molecular weight excluding hydrogens is 366 g/mol. The third-order valence-electron chi connectivity index (χ3n) is 5.71. The first-order chi connectivity index (χ1) is 14.0. The van der Waals surface area contributed by atoms with Crippen LogP contribution in [0.5, 0.6) is 5.88 Å². The highest BCUT2D eigenvalue weighted by Crippen LogP contribution is 2.30. The van der Waals surface area contributed by atoms with Crippen LogP contribution >= 0.6 is 0 Å². The fourth-order valence-corrected chi connectivity index (χ4v) is 4.09. The van der Waals surface area contributed by atoms with E-state index in [4.69, 9.17) is 9.72 Å². The molecule has 3 aromatic rings. The molecule has 1 aliphatic heterocycles. The van der Waals surface area contributed by atoms with Crippen molar-refractivity contribution in [2.45, 2.75) is 46.3 Å². The van der Waals surface area contributed by atoms with Crippen molar-refractivity contribution < 1.29 is 9.53 Å². The molecule has 2 N–H and O–H groups in total. The number of pyridine rings is 1. The molecule has 7 nitrogen and oxygen atoms in total. The van der Waals surface area contributed by atoms with E-state index in [-0.39, 0.29) is 5.91 Å². The molecule has 0 saturated heterocycles. The molecule has 0 unspecified atom stereocenters. The van der Waals surface area contributed by atoms with Gasteiger partial charge in [0.15, 0.2) is 5.65 Å². The van der Waals surface area contributed by atoms with Crippen LogP contribution in [0.3, 0.4) is 0 Å². The average molecular weight is 393 g/mol. The van der Waals surface area contributed by atoms with Crippen LogP contribution in [0, 0.1) is 13.8 Å². The summed E-state index contributed by atoms with van der Waals surface area (Å²) in [4.78, 5) is 17.1. The second kappa shape index (κ2) is 7.83. The second-order valence-corrected chi connectivity index (χ2v) is 7.62. The number of aryl methyl sites for hydroxylation is 3. The number of carbonyl (C=O) groups is 1. The van der Waals surface area contributed by atoms with Gasteiger partial charge in [-0.15, -0.1) is 5.10 Å². The van der Waals surface area contributed by atoms with E-state index in [0.717, 1.165) is 46.5 Å². The molecule has 3 heterocycles. The van der Waals surface area contributed by atoms with Gasteiger partial charge in [-0.3, -0.25) is 4.79 Å². The molecule has 0 spiro atoms. The van der Waals surface area contributed by atoms with Crippen molar-refractivity contribution in [1.29, 1.82) is 0 Å². The Kier molecular flexibility index (Phi) is 5.24. The van der Waals surface area contributed by atoms with Gasteiger partial charge in [-0.25, -0.2) is 9.67 Å². The molecule has 2 aromatic heterocycles. The molecular formula is C22H27N5O2. The summed E-state index contributed by atoms with van der Waals surface area (Å²) < 4.78 is 7.15. The highest BCUT2D eigenvalue weighted by atomic mass is 16.5. The maximum absolute atomic E-state index is 12.5. The van der Waals surface area contributed by atoms with Crippen LogP contribution in [0.1, 0.15) is 39.9 Å². The van der Waals surface area contributed by atoms with E-state index >= 15 is 0 Å². The normalized spacial score (nSPS) is 13.0. The Bertz CT molecular complexity index is 1090. The van der Waals surface area contributed by atoms with Gasteiger partial charge in [-0.2, -0.15) is 0 Å². The topological polar surface area (TPSA) is 81.1 Å². The molecule has 0 fully saturated rings. The monoisotopic (exact) mass is 393 g/mol. The van der Waals surface area contributed by atoms with Gasteiger partial charge in [-0.1, -0.05) is 18.2 Å². The van der Waals surface area contributed by atoms with Crippen LogP contribution in [0.2, 0.25) is 0 Å². The molecule has 0 aliphatic carbocycles. The lowest BCUT2D eigenvalue weighted by Gasteiger charge is -2.12. The summed E-state index contributed by atoms with van der Waals surface area (Å²) in [5, 5.41) is 11.7. The van der Waals surface area contributed by atoms with Crippen molar-refractivity contribution in [1.82, 2.24) is 25.4 Å². The Morgan fingerprint density at radius 3 is 2.86 bits per heavy atom. The lowest BCUT2D eigenvalue weighted by Crippen LogP contribution is -2.23. The number of nitrogens with zero attached hydrogens (tertiary/aromatic N) is 3. The summed E-state index contributed by atoms with van der Waals surface area (Å²) in [5.74, 6) is 0.616. The molecule has 152 valence electrons. The number of benzene rings is 1. The molecule has 0 atom stereocenters. The van der Waals surface area contributed by atoms with Gasteiger partial charge in [0.25, 0.3) is 0 Å². The molecule has 1 amide bonds. The predicted molar refractivity (Wildman–Crippen MR) is 112 cm³/mol. The van der Waals surface area contributed by atoms with Crippen molar-refractivity contribution in [3.8, 4) is 5.88 Å². The highest BCUT2D eigenvalue weighted by molar-refractivity contribution is 5.86. The number of rotatable bonds is 6. The number of hydrogen-bond donors (Lipinski definition) is 2. The van der Waals surface area contributed by atoms with Gasteiger partial charge >= 0.3 is 0 Å². The Balaban J connectivity index is 1.43. The van der Waals surface area contributed by atoms with Crippen LogP contribution < -0.4 is 15.4 Å². The number of amides is 1. The molecule has 4 rings (SSSR count). The standard InChI is InChI=1S/C22H27N5O2/c1-13-18(14(2)25-21-20(13)22(29-4)26-27(21)3)7-8-19(28)24-10-15-5-6-16-11-23-12-17(16)9-15/h5-6,9,23H,7-8,10-12H2,1-4H3,(H,24,28). The largest absolute Gasteiger partial charge is 0.479 e. The number of ether oxygens (including phenoxy) is 1. The van der Waals surface area contributed by atoms with Crippen molar-refractivity contribution in [2.24, 2.45) is 7.05 Å². The van der Waals surface area contributed by atoms with E-state index in [2.05, 4.69) is 33.9 Å². The summed E-state index contributed by atoms with van der Waals surface area (Å²) >= 11 is 0. The van der Waals surface area contributed by atoms with Crippen LogP contribution in [-0.2, 0) is 37.9 Å². The summed E-state index contributed by atoms with van der Waals surface area (Å²) in [6, 6.07) is 6.41. The summed E-state index contributed by atoms with van der Waals surface area (Å²) in [5.41, 5.74) is 7.71. The van der Waals surface area contributed by atoms with E-state index in [1.807, 2.05) is 20.9 Å². The van der Waals surface area contributed by atoms with E-state index in [9.17, 15) is 4.79 Å². The van der Waals surface area contributed by atoms with Gasteiger partial charge in [-0.05, 0) is 48.1 Å². The van der Waals surface area contributed by atoms with Crippen molar-refractivity contribution in [3.05, 3.63) is 51.7 Å². The van der Waals surface area contributed by atoms with Crippen molar-refractivity contribution in [2.75, 3.05) is 7.11 Å². The average Bonchev–Trinajstić information content (AvgIpc) is 3.30. The predicted octanol–water partition coefficient (Wildman–Crippen LogP) is 2.45. The second-order valence-electron chi connectivity index (χ2n) is 7.62. The Morgan fingerprint density at radius 2 is 2.07 bits per heavy atom. The van der Waals surface area contributed by atoms with Crippen LogP contribution in [0.25, 0.3) is 11.0 Å². The summed E-state index contributed by atoms with van der Waals surface area (Å²) in [7, 11) is 3.47. The highest BCUT2D eigenvalue weighted by Gasteiger charge is 2.18. The molecule has 1 aliphatic rings. The van der Waals surface area contributed by atoms with Gasteiger partial charge in [0.05, 0.1) is 12.5 Å². The minimum atomic E-state index is 0.0423. The third-order valence-corrected chi connectivity index (χ3v) is 5.71. The van der Waals surface area contributed by atoms with Gasteiger partial charge in [0.2, 0.25) is 11.8 Å². The fraction of sp³-hybridized carbons (Fsp3) is 0.409. The fourth-order valence-electron chi connectivity index (χ4n) is 4.09. The first-order valence-electron chi connectivity index (χ1n) is 9.92. The van der Waals surface area contributed by atoms with Crippen molar-refractivity contribution in [3.63, 3.8) is 0 Å². The van der Waals surface area contributed by atoms with Crippen molar-refractivity contribution >= 4 is 16.9 Å². The van der Waals surface area contributed by atoms with Gasteiger partial charge in [0.1, 0.15) is 0 Å². The van der Waals surface area contributed by atoms with E-state index in [1.165, 1.54) is 11.1 Å². The summed E-state index contributed by atoms with van der Waals surface area (Å²) in [6.07, 6.45) is 1.06. The lowest BCUT2D eigenvalue weighted by molar-refractivity contribution is -0.121. The molecule has 0 saturated carbocycles. The Labute approximate surface area is 170 Å². The van der Waals surface area contributed by atoms with E-state index in [0.29, 0.717) is 25.3 Å². The molecule has 1 aromatic carbocycles. The SMILES string of the molecule is COc1nn(C)c2nc(C)c(CCC(=O)NCc3ccc4c(c3)CNC4)c(C)c12. The zero-order valence-corrected chi connectivity index (χ0v) is 17.4. The quantitative estimate of drug-likeness (QED) is 0.672. The van der Waals surface area contributed by atoms with E-state index in [1.54, 1.807) is 11.8 Å². The zero-order chi connectivity index (χ0) is 20.5. The number of aromatic nitrogens is 3. The van der Waals surface area contributed by atoms with E-state index < -0.39 is 0 Å². The molecule has 0 bridgehead atoms.